The molecule has 0 bridgehead atoms. The summed E-state index contributed by atoms with van der Waals surface area (Å²) in [6.45, 7) is 1.73. The minimum absolute atomic E-state index is 0.0401. The smallest absolute Gasteiger partial charge is 0.405 e. The van der Waals surface area contributed by atoms with Crippen LogP contribution in [-0.4, -0.2) is 53.3 Å². The number of primary amides is 1. The molecule has 1 atom stereocenters. The predicted octanol–water partition coefficient (Wildman–Crippen LogP) is 0.747. The number of piperazine rings is 1. The zero-order valence-corrected chi connectivity index (χ0v) is 11.6. The number of ether oxygens (including phenoxy) is 1. The molecule has 114 valence electrons. The van der Waals surface area contributed by atoms with Crippen LogP contribution in [0, 0.1) is 0 Å². The van der Waals surface area contributed by atoms with Gasteiger partial charge in [-0.1, -0.05) is 30.3 Å². The molecule has 2 amide bonds. The van der Waals surface area contributed by atoms with Crippen LogP contribution in [0.1, 0.15) is 18.1 Å². The molecule has 1 aliphatic heterocycles. The van der Waals surface area contributed by atoms with E-state index in [0.29, 0.717) is 26.2 Å². The number of hydrogen-bond donors (Lipinski definition) is 2. The quantitative estimate of drug-likeness (QED) is 0.854. The standard InChI is InChI=1S/C14H19N3O4/c15-14(19)21-12(11-4-2-1-3-5-11)10-13(18)16-6-8-17(20)9-7-16/h1-5,12,20H,6-10H2,(H2,15,19)/t12-/m0/s1. The summed E-state index contributed by atoms with van der Waals surface area (Å²) in [5, 5.41) is 10.5. The van der Waals surface area contributed by atoms with Crippen molar-refractivity contribution in [2.75, 3.05) is 26.2 Å². The molecule has 0 aliphatic carbocycles. The van der Waals surface area contributed by atoms with Gasteiger partial charge in [0, 0.05) is 26.2 Å². The molecule has 1 heterocycles. The first-order valence-corrected chi connectivity index (χ1v) is 6.79. The van der Waals surface area contributed by atoms with E-state index < -0.39 is 12.2 Å². The van der Waals surface area contributed by atoms with E-state index in [1.807, 2.05) is 18.2 Å². The largest absolute Gasteiger partial charge is 0.441 e. The fourth-order valence-corrected chi connectivity index (χ4v) is 2.27. The lowest BCUT2D eigenvalue weighted by Crippen LogP contribution is -2.47. The van der Waals surface area contributed by atoms with E-state index >= 15 is 0 Å². The van der Waals surface area contributed by atoms with Crippen LogP contribution in [0.5, 0.6) is 0 Å². The summed E-state index contributed by atoms with van der Waals surface area (Å²) < 4.78 is 5.05. The summed E-state index contributed by atoms with van der Waals surface area (Å²) in [6, 6.07) is 9.02. The lowest BCUT2D eigenvalue weighted by Gasteiger charge is -2.32. The summed E-state index contributed by atoms with van der Waals surface area (Å²) >= 11 is 0. The van der Waals surface area contributed by atoms with Crippen LogP contribution in [-0.2, 0) is 9.53 Å². The van der Waals surface area contributed by atoms with Gasteiger partial charge in [0.15, 0.2) is 0 Å². The molecule has 7 nitrogen and oxygen atoms in total. The van der Waals surface area contributed by atoms with Crippen molar-refractivity contribution < 1.29 is 19.5 Å². The highest BCUT2D eigenvalue weighted by Crippen LogP contribution is 2.22. The van der Waals surface area contributed by atoms with Gasteiger partial charge in [-0.3, -0.25) is 4.79 Å². The van der Waals surface area contributed by atoms with Gasteiger partial charge >= 0.3 is 6.09 Å². The number of nitrogens with two attached hydrogens (primary N) is 1. The molecule has 7 heteroatoms. The highest BCUT2D eigenvalue weighted by Gasteiger charge is 2.25. The zero-order chi connectivity index (χ0) is 15.2. The van der Waals surface area contributed by atoms with Crippen molar-refractivity contribution in [1.82, 2.24) is 9.96 Å². The molecule has 1 aromatic carbocycles. The van der Waals surface area contributed by atoms with Crippen LogP contribution in [0.2, 0.25) is 0 Å². The maximum absolute atomic E-state index is 12.3. The first-order valence-electron chi connectivity index (χ1n) is 6.79. The summed E-state index contributed by atoms with van der Waals surface area (Å²) in [5.74, 6) is -0.127. The van der Waals surface area contributed by atoms with Gasteiger partial charge in [-0.25, -0.2) is 4.79 Å². The number of hydrogen-bond acceptors (Lipinski definition) is 5. The van der Waals surface area contributed by atoms with Gasteiger partial charge in [0.2, 0.25) is 5.91 Å². The Balaban J connectivity index is 2.01. The monoisotopic (exact) mass is 293 g/mol. The maximum Gasteiger partial charge on any atom is 0.405 e. The number of amides is 2. The molecule has 21 heavy (non-hydrogen) atoms. The minimum Gasteiger partial charge on any atom is -0.441 e. The Labute approximate surface area is 122 Å². The van der Waals surface area contributed by atoms with Gasteiger partial charge in [0.05, 0.1) is 6.42 Å². The Morgan fingerprint density at radius 2 is 1.81 bits per heavy atom. The number of benzene rings is 1. The van der Waals surface area contributed by atoms with Crippen LogP contribution in [0.3, 0.4) is 0 Å². The number of hydroxylamine groups is 2. The Kier molecular flexibility index (Phi) is 5.13. The van der Waals surface area contributed by atoms with E-state index in [-0.39, 0.29) is 12.3 Å². The number of carbonyl (C=O) groups excluding carboxylic acids is 2. The molecule has 1 aliphatic rings. The fourth-order valence-electron chi connectivity index (χ4n) is 2.27. The first-order chi connectivity index (χ1) is 10.1. The number of carbonyl (C=O) groups is 2. The van der Waals surface area contributed by atoms with E-state index in [1.165, 1.54) is 5.06 Å². The molecule has 0 unspecified atom stereocenters. The highest BCUT2D eigenvalue weighted by atomic mass is 16.6. The molecule has 0 spiro atoms. The van der Waals surface area contributed by atoms with Crippen molar-refractivity contribution in [3.63, 3.8) is 0 Å². The van der Waals surface area contributed by atoms with Gasteiger partial charge in [-0.05, 0) is 5.56 Å². The molecule has 0 radical (unpaired) electrons. The van der Waals surface area contributed by atoms with Crippen LogP contribution in [0.15, 0.2) is 30.3 Å². The summed E-state index contributed by atoms with van der Waals surface area (Å²) in [5.41, 5.74) is 5.80. The van der Waals surface area contributed by atoms with Gasteiger partial charge in [0.25, 0.3) is 0 Å². The van der Waals surface area contributed by atoms with Crippen molar-refractivity contribution in [1.29, 1.82) is 0 Å². The second kappa shape index (κ2) is 7.05. The second-order valence-corrected chi connectivity index (χ2v) is 4.87. The molecule has 1 aromatic rings. The maximum atomic E-state index is 12.3. The van der Waals surface area contributed by atoms with Crippen molar-refractivity contribution in [2.45, 2.75) is 12.5 Å². The number of nitrogens with zero attached hydrogens (tertiary/aromatic N) is 2. The van der Waals surface area contributed by atoms with E-state index in [2.05, 4.69) is 0 Å². The Hall–Kier alpha value is -2.12. The molecule has 0 saturated carbocycles. The Bertz CT molecular complexity index is 486. The SMILES string of the molecule is NC(=O)O[C@@H](CC(=O)N1CCN(O)CC1)c1ccccc1. The Morgan fingerprint density at radius 1 is 1.19 bits per heavy atom. The lowest BCUT2D eigenvalue weighted by molar-refractivity contribution is -0.147. The lowest BCUT2D eigenvalue weighted by atomic mass is 10.1. The van der Waals surface area contributed by atoms with E-state index in [1.54, 1.807) is 17.0 Å². The van der Waals surface area contributed by atoms with Gasteiger partial charge in [-0.15, -0.1) is 0 Å². The van der Waals surface area contributed by atoms with Gasteiger partial charge < -0.3 is 20.6 Å². The van der Waals surface area contributed by atoms with Gasteiger partial charge in [0.1, 0.15) is 6.10 Å². The van der Waals surface area contributed by atoms with E-state index in [9.17, 15) is 14.8 Å². The van der Waals surface area contributed by atoms with E-state index in [4.69, 9.17) is 10.5 Å². The normalized spacial score (nSPS) is 17.3. The second-order valence-electron chi connectivity index (χ2n) is 4.87. The predicted molar refractivity (Wildman–Crippen MR) is 74.4 cm³/mol. The molecular formula is C14H19N3O4. The van der Waals surface area contributed by atoms with Crippen molar-refractivity contribution in [3.8, 4) is 0 Å². The third kappa shape index (κ3) is 4.44. The van der Waals surface area contributed by atoms with Crippen LogP contribution >= 0.6 is 0 Å². The highest BCUT2D eigenvalue weighted by molar-refractivity contribution is 5.77. The zero-order valence-electron chi connectivity index (χ0n) is 11.6. The third-order valence-corrected chi connectivity index (χ3v) is 3.40. The Morgan fingerprint density at radius 3 is 2.38 bits per heavy atom. The summed E-state index contributed by atoms with van der Waals surface area (Å²) in [4.78, 5) is 24.9. The molecular weight excluding hydrogens is 274 g/mol. The average molecular weight is 293 g/mol. The molecule has 0 aromatic heterocycles. The molecule has 2 rings (SSSR count). The van der Waals surface area contributed by atoms with Crippen molar-refractivity contribution >= 4 is 12.0 Å². The summed E-state index contributed by atoms with van der Waals surface area (Å²) in [6.07, 6.45) is -1.56. The molecule has 1 fully saturated rings. The van der Waals surface area contributed by atoms with Crippen LogP contribution in [0.4, 0.5) is 4.79 Å². The third-order valence-electron chi connectivity index (χ3n) is 3.40. The summed E-state index contributed by atoms with van der Waals surface area (Å²) in [7, 11) is 0. The fraction of sp³-hybridized carbons (Fsp3) is 0.429. The van der Waals surface area contributed by atoms with Crippen molar-refractivity contribution in [2.24, 2.45) is 5.73 Å². The van der Waals surface area contributed by atoms with Crippen LogP contribution in [0.25, 0.3) is 0 Å². The van der Waals surface area contributed by atoms with Crippen LogP contribution < -0.4 is 5.73 Å². The minimum atomic E-state index is -0.906. The molecule has 3 N–H and O–H groups in total. The molecule has 1 saturated heterocycles. The topological polar surface area (TPSA) is 96.1 Å². The van der Waals surface area contributed by atoms with Crippen molar-refractivity contribution in [3.05, 3.63) is 35.9 Å². The van der Waals surface area contributed by atoms with Gasteiger partial charge in [-0.2, -0.15) is 5.06 Å². The van der Waals surface area contributed by atoms with E-state index in [0.717, 1.165) is 5.56 Å². The average Bonchev–Trinajstić information content (AvgIpc) is 2.47. The number of rotatable bonds is 4. The first kappa shape index (κ1) is 15.3.